The number of benzene rings is 4. The summed E-state index contributed by atoms with van der Waals surface area (Å²) >= 11 is 6.38. The summed E-state index contributed by atoms with van der Waals surface area (Å²) in [4.78, 5) is 30.4. The molecule has 4 N–H and O–H groups in total. The maximum Gasteiger partial charge on any atom is 0.337 e. The number of hydrogen-bond donors (Lipinski definition) is 4. The Morgan fingerprint density at radius 1 is 0.977 bits per heavy atom. The van der Waals surface area contributed by atoms with Crippen molar-refractivity contribution in [3.63, 3.8) is 0 Å². The van der Waals surface area contributed by atoms with Crippen LogP contribution in [0.5, 0.6) is 5.75 Å². The van der Waals surface area contributed by atoms with Crippen LogP contribution in [0.3, 0.4) is 0 Å². The van der Waals surface area contributed by atoms with Gasteiger partial charge in [-0.15, -0.1) is 0 Å². The van der Waals surface area contributed by atoms with E-state index in [-0.39, 0.29) is 18.3 Å². The number of aromatic nitrogens is 2. The topological polar surface area (TPSA) is 134 Å². The number of aliphatic hydroxyl groups excluding tert-OH is 1. The maximum absolute atomic E-state index is 13.3. The van der Waals surface area contributed by atoms with E-state index in [4.69, 9.17) is 26.6 Å². The van der Waals surface area contributed by atoms with Crippen molar-refractivity contribution in [3.05, 3.63) is 132 Å². The Kier molecular flexibility index (Phi) is 10.4. The molecule has 218 valence electrons. The quantitative estimate of drug-likeness (QED) is 0.138. The Morgan fingerprint density at radius 2 is 1.74 bits per heavy atom. The number of carboxylic acid groups (broad SMARTS) is 1. The van der Waals surface area contributed by atoms with Crippen molar-refractivity contribution < 1.29 is 28.9 Å². The average Bonchev–Trinajstić information content (AvgIpc) is 3.01. The number of nitrogens with one attached hydrogen (secondary N) is 2. The highest BCUT2D eigenvalue weighted by atomic mass is 35.5. The van der Waals surface area contributed by atoms with E-state index >= 15 is 0 Å². The average molecular weight is 601 g/mol. The molecule has 0 aliphatic carbocycles. The number of aliphatic hydroxyl groups is 1. The molecule has 0 aliphatic rings. The van der Waals surface area contributed by atoms with E-state index < -0.39 is 12.1 Å². The number of halogens is 2. The van der Waals surface area contributed by atoms with E-state index in [9.17, 15) is 14.0 Å². The summed E-state index contributed by atoms with van der Waals surface area (Å²) in [5, 5.41) is 24.4. The number of hydrogen-bond acceptors (Lipinski definition) is 7. The van der Waals surface area contributed by atoms with Gasteiger partial charge in [0.15, 0.2) is 6.10 Å². The van der Waals surface area contributed by atoms with Gasteiger partial charge in [0.1, 0.15) is 30.3 Å². The fraction of sp³-hybridized carbons (Fsp3) is 0.0625. The lowest BCUT2D eigenvalue weighted by Crippen LogP contribution is -2.09. The molecule has 1 atom stereocenters. The van der Waals surface area contributed by atoms with Gasteiger partial charge < -0.3 is 25.6 Å². The van der Waals surface area contributed by atoms with E-state index in [1.807, 2.05) is 0 Å². The highest BCUT2D eigenvalue weighted by Crippen LogP contribution is 2.31. The third-order valence-electron chi connectivity index (χ3n) is 5.92. The van der Waals surface area contributed by atoms with Crippen LogP contribution in [-0.4, -0.2) is 32.1 Å². The molecular weight excluding hydrogens is 575 g/mol. The first-order chi connectivity index (χ1) is 20.7. The molecule has 1 aromatic heterocycles. The van der Waals surface area contributed by atoms with Crippen molar-refractivity contribution in [3.8, 4) is 5.75 Å². The first-order valence-corrected chi connectivity index (χ1v) is 13.2. The Hall–Kier alpha value is -5.32. The Morgan fingerprint density at radius 3 is 2.44 bits per heavy atom. The standard InChI is InChI=1S/C24H18ClFN4O2.C8H8O3/c1-2-23(31)29-17-6-8-21-19(11-17)24(28-14-27-21)30-18-7-9-22(20(25)12-18)32-13-15-4-3-5-16(26)10-15;9-7(8(10)11)6-4-2-1-3-5-6/h2-12,14H,1,13H2,(H,29,31)(H,27,28,30);1-5,7,9H,(H,10,11). The summed E-state index contributed by atoms with van der Waals surface area (Å²) < 4.78 is 19.0. The van der Waals surface area contributed by atoms with Gasteiger partial charge >= 0.3 is 5.97 Å². The third-order valence-corrected chi connectivity index (χ3v) is 6.21. The molecule has 4 aromatic carbocycles. The largest absolute Gasteiger partial charge is 0.487 e. The van der Waals surface area contributed by atoms with E-state index in [0.29, 0.717) is 44.6 Å². The van der Waals surface area contributed by atoms with Crippen LogP contribution in [0.4, 0.5) is 21.6 Å². The zero-order valence-electron chi connectivity index (χ0n) is 22.6. The molecule has 0 saturated carbocycles. The molecule has 0 radical (unpaired) electrons. The monoisotopic (exact) mass is 600 g/mol. The van der Waals surface area contributed by atoms with Crippen LogP contribution in [0.1, 0.15) is 17.2 Å². The molecule has 0 saturated heterocycles. The zero-order valence-corrected chi connectivity index (χ0v) is 23.3. The van der Waals surface area contributed by atoms with Crippen molar-refractivity contribution in [2.45, 2.75) is 12.7 Å². The molecule has 1 amide bonds. The fourth-order valence-electron chi connectivity index (χ4n) is 3.83. The van der Waals surface area contributed by atoms with Crippen LogP contribution in [0, 0.1) is 5.82 Å². The Balaban J connectivity index is 0.000000324. The van der Waals surface area contributed by atoms with Crippen molar-refractivity contribution >= 4 is 51.6 Å². The summed E-state index contributed by atoms with van der Waals surface area (Å²) in [5.74, 6) is -0.828. The summed E-state index contributed by atoms with van der Waals surface area (Å²) in [7, 11) is 0. The van der Waals surface area contributed by atoms with Crippen LogP contribution >= 0.6 is 11.6 Å². The SMILES string of the molecule is C=CC(=O)Nc1ccc2ncnc(Nc3ccc(OCc4cccc(F)c4)c(Cl)c3)c2c1.O=C(O)C(O)c1ccccc1. The number of carboxylic acids is 1. The van der Waals surface area contributed by atoms with Gasteiger partial charge in [0, 0.05) is 16.8 Å². The maximum atomic E-state index is 13.3. The summed E-state index contributed by atoms with van der Waals surface area (Å²) in [6, 6.07) is 25.0. The molecule has 11 heteroatoms. The van der Waals surface area contributed by atoms with Crippen molar-refractivity contribution in [2.75, 3.05) is 10.6 Å². The molecule has 0 spiro atoms. The van der Waals surface area contributed by atoms with Crippen LogP contribution in [0.15, 0.2) is 110 Å². The van der Waals surface area contributed by atoms with Gasteiger partial charge in [0.05, 0.1) is 10.5 Å². The predicted molar refractivity (Wildman–Crippen MR) is 163 cm³/mol. The third kappa shape index (κ3) is 8.59. The summed E-state index contributed by atoms with van der Waals surface area (Å²) in [6.45, 7) is 3.65. The first kappa shape index (κ1) is 30.6. The van der Waals surface area contributed by atoms with E-state index in [1.54, 1.807) is 78.9 Å². The molecule has 1 heterocycles. The second kappa shape index (κ2) is 14.5. The van der Waals surface area contributed by atoms with Gasteiger partial charge in [-0.1, -0.05) is 60.6 Å². The van der Waals surface area contributed by atoms with Crippen LogP contribution in [-0.2, 0) is 16.2 Å². The number of nitrogens with zero attached hydrogens (tertiary/aromatic N) is 2. The number of carbonyl (C=O) groups is 2. The minimum Gasteiger partial charge on any atom is -0.487 e. The predicted octanol–water partition coefficient (Wildman–Crippen LogP) is 6.67. The number of ether oxygens (including phenoxy) is 1. The van der Waals surface area contributed by atoms with Gasteiger partial charge in [-0.2, -0.15) is 0 Å². The second-order valence-corrected chi connectivity index (χ2v) is 9.40. The van der Waals surface area contributed by atoms with E-state index in [0.717, 1.165) is 5.39 Å². The van der Waals surface area contributed by atoms with Crippen molar-refractivity contribution in [2.24, 2.45) is 0 Å². The lowest BCUT2D eigenvalue weighted by molar-refractivity contribution is -0.146. The van der Waals surface area contributed by atoms with Crippen molar-refractivity contribution in [1.29, 1.82) is 0 Å². The highest BCUT2D eigenvalue weighted by Gasteiger charge is 2.14. The highest BCUT2D eigenvalue weighted by molar-refractivity contribution is 6.32. The molecule has 5 aromatic rings. The summed E-state index contributed by atoms with van der Waals surface area (Å²) in [5.41, 5.74) is 3.10. The fourth-order valence-corrected chi connectivity index (χ4v) is 4.06. The molecular formula is C32H26ClFN4O5. The van der Waals surface area contributed by atoms with Gasteiger partial charge in [-0.3, -0.25) is 4.79 Å². The molecule has 0 fully saturated rings. The first-order valence-electron chi connectivity index (χ1n) is 12.8. The Labute approximate surface area is 251 Å². The van der Waals surface area contributed by atoms with Gasteiger partial charge in [0.2, 0.25) is 5.91 Å². The Bertz CT molecular complexity index is 1750. The molecule has 5 rings (SSSR count). The minimum absolute atomic E-state index is 0.194. The second-order valence-electron chi connectivity index (χ2n) is 8.99. The summed E-state index contributed by atoms with van der Waals surface area (Å²) in [6.07, 6.45) is 1.24. The normalized spacial score (nSPS) is 11.0. The van der Waals surface area contributed by atoms with Crippen LogP contribution < -0.4 is 15.4 Å². The number of rotatable bonds is 9. The molecule has 0 bridgehead atoms. The number of amides is 1. The van der Waals surface area contributed by atoms with Crippen molar-refractivity contribution in [1.82, 2.24) is 9.97 Å². The number of aliphatic carboxylic acids is 1. The molecule has 0 aliphatic heterocycles. The lowest BCUT2D eigenvalue weighted by Gasteiger charge is -2.12. The molecule has 9 nitrogen and oxygen atoms in total. The number of fused-ring (bicyclic) bond motifs is 1. The van der Waals surface area contributed by atoms with E-state index in [1.165, 1.54) is 24.5 Å². The smallest absolute Gasteiger partial charge is 0.337 e. The zero-order chi connectivity index (χ0) is 30.8. The number of anilines is 3. The number of carbonyl (C=O) groups excluding carboxylic acids is 1. The van der Waals surface area contributed by atoms with Gasteiger partial charge in [-0.05, 0) is 65.7 Å². The van der Waals surface area contributed by atoms with E-state index in [2.05, 4.69) is 27.2 Å². The minimum atomic E-state index is -1.41. The lowest BCUT2D eigenvalue weighted by atomic mass is 10.1. The van der Waals surface area contributed by atoms with Gasteiger partial charge in [-0.25, -0.2) is 19.2 Å². The van der Waals surface area contributed by atoms with Crippen LogP contribution in [0.2, 0.25) is 5.02 Å². The van der Waals surface area contributed by atoms with Gasteiger partial charge in [0.25, 0.3) is 0 Å². The van der Waals surface area contributed by atoms with Crippen LogP contribution in [0.25, 0.3) is 10.9 Å². The molecule has 43 heavy (non-hydrogen) atoms. The molecule has 1 unspecified atom stereocenters.